The van der Waals surface area contributed by atoms with Gasteiger partial charge in [-0.05, 0) is 0 Å². The number of primary sulfonamides is 2. The van der Waals surface area contributed by atoms with E-state index in [0.29, 0.717) is 0 Å². The van der Waals surface area contributed by atoms with Gasteiger partial charge in [0.2, 0.25) is 20.0 Å². The molecule has 16 heavy (non-hydrogen) atoms. The third-order valence-corrected chi connectivity index (χ3v) is 2.42. The zero-order valence-electron chi connectivity index (χ0n) is 8.27. The van der Waals surface area contributed by atoms with E-state index in [-0.39, 0.29) is 24.6 Å². The quantitative estimate of drug-likeness (QED) is 0.338. The smallest absolute Gasteiger partial charge is 0.293 e. The number of hydrogen-bond donors (Lipinski definition) is 3. The van der Waals surface area contributed by atoms with Crippen molar-refractivity contribution < 1.29 is 31.5 Å². The van der Waals surface area contributed by atoms with Crippen LogP contribution in [0, 0.1) is 0 Å². The Hall–Kier alpha value is -0.750. The highest BCUT2D eigenvalue weighted by atomic mass is 32.2. The van der Waals surface area contributed by atoms with Gasteiger partial charge in [-0.2, -0.15) is 0 Å². The normalized spacial score (nSPS) is 11.2. The molecule has 98 valence electrons. The monoisotopic (exact) mass is 278 g/mol. The molecule has 5 N–H and O–H groups in total. The Morgan fingerprint density at radius 1 is 1.06 bits per heavy atom. The van der Waals surface area contributed by atoms with E-state index in [0.717, 1.165) is 0 Å². The fourth-order valence-electron chi connectivity index (χ4n) is 0.340. The van der Waals surface area contributed by atoms with Gasteiger partial charge in [0.15, 0.2) is 0 Å². The van der Waals surface area contributed by atoms with Crippen molar-refractivity contribution in [3.63, 3.8) is 0 Å². The Kier molecular flexibility index (Phi) is 9.27. The summed E-state index contributed by atoms with van der Waals surface area (Å²) < 4.78 is 43.9. The Morgan fingerprint density at radius 3 is 1.69 bits per heavy atom. The van der Waals surface area contributed by atoms with Gasteiger partial charge in [-0.3, -0.25) is 4.79 Å². The van der Waals surface area contributed by atoms with Crippen LogP contribution in [0.3, 0.4) is 0 Å². The highest BCUT2D eigenvalue weighted by Gasteiger charge is 2.00. The predicted molar refractivity (Wildman–Crippen MR) is 55.1 cm³/mol. The molecular weight excluding hydrogens is 264 g/mol. The lowest BCUT2D eigenvalue weighted by Gasteiger charge is -1.93. The minimum atomic E-state index is -3.48. The van der Waals surface area contributed by atoms with Crippen molar-refractivity contribution in [2.45, 2.75) is 0 Å². The number of rotatable bonds is 6. The van der Waals surface area contributed by atoms with Crippen LogP contribution in [0.4, 0.5) is 0 Å². The van der Waals surface area contributed by atoms with Crippen LogP contribution < -0.4 is 10.3 Å². The molecule has 0 bridgehead atoms. The van der Waals surface area contributed by atoms with Crippen molar-refractivity contribution in [3.05, 3.63) is 0 Å². The number of aliphatic hydroxyl groups is 1. The van der Waals surface area contributed by atoms with Crippen LogP contribution in [0.15, 0.2) is 0 Å². The summed E-state index contributed by atoms with van der Waals surface area (Å²) in [5.74, 6) is -0.682. The van der Waals surface area contributed by atoms with Crippen LogP contribution in [0.25, 0.3) is 0 Å². The standard InChI is InChI=1S/C3H7NO4S.C2H7NO3S/c4-9(6,7)2-1-8-3-5;3-7(5,6)2-1-4/h3H,1-2H2,(H2,4,6,7);4H,1-2H2,(H2,3,5,6). The van der Waals surface area contributed by atoms with Gasteiger partial charge in [0.25, 0.3) is 6.47 Å². The van der Waals surface area contributed by atoms with E-state index in [2.05, 4.69) is 15.0 Å². The Labute approximate surface area is 93.5 Å². The first-order valence-electron chi connectivity index (χ1n) is 3.79. The minimum absolute atomic E-state index is 0.172. The van der Waals surface area contributed by atoms with E-state index in [1.165, 1.54) is 0 Å². The molecule has 0 unspecified atom stereocenters. The molecule has 0 fully saturated rings. The van der Waals surface area contributed by atoms with Gasteiger partial charge in [0.05, 0.1) is 18.1 Å². The van der Waals surface area contributed by atoms with Crippen molar-refractivity contribution in [2.75, 3.05) is 24.7 Å². The lowest BCUT2D eigenvalue weighted by molar-refractivity contribution is -0.128. The zero-order chi connectivity index (χ0) is 13.2. The molecule has 0 atom stereocenters. The predicted octanol–water partition coefficient (Wildman–Crippen LogP) is -3.28. The topological polar surface area (TPSA) is 167 Å². The van der Waals surface area contributed by atoms with Crippen LogP contribution in [0.2, 0.25) is 0 Å². The second-order valence-electron chi connectivity index (χ2n) is 2.42. The number of aliphatic hydroxyl groups excluding tert-OH is 1. The summed E-state index contributed by atoms with van der Waals surface area (Å²) in [6.07, 6.45) is 0. The molecule has 0 saturated carbocycles. The molecule has 0 heterocycles. The average Bonchev–Trinajstić information content (AvgIpc) is 2.01. The van der Waals surface area contributed by atoms with E-state index >= 15 is 0 Å². The van der Waals surface area contributed by atoms with Gasteiger partial charge in [-0.25, -0.2) is 27.1 Å². The summed E-state index contributed by atoms with van der Waals surface area (Å²) in [7, 11) is -6.90. The van der Waals surface area contributed by atoms with E-state index in [4.69, 9.17) is 5.11 Å². The highest BCUT2D eigenvalue weighted by Crippen LogP contribution is 1.76. The van der Waals surface area contributed by atoms with Crippen LogP contribution in [-0.2, 0) is 29.6 Å². The maximum atomic E-state index is 10.1. The van der Waals surface area contributed by atoms with Crippen molar-refractivity contribution >= 4 is 26.5 Å². The highest BCUT2D eigenvalue weighted by molar-refractivity contribution is 7.89. The third kappa shape index (κ3) is 23.2. The lowest BCUT2D eigenvalue weighted by Crippen LogP contribution is -2.19. The first-order valence-corrected chi connectivity index (χ1v) is 7.22. The summed E-state index contributed by atoms with van der Waals surface area (Å²) in [4.78, 5) is 9.43. The molecule has 0 amide bonds. The van der Waals surface area contributed by atoms with E-state index in [1.54, 1.807) is 0 Å². The fourth-order valence-corrected chi connectivity index (χ4v) is 0.923. The summed E-state index contributed by atoms with van der Waals surface area (Å²) >= 11 is 0. The largest absolute Gasteiger partial charge is 0.467 e. The van der Waals surface area contributed by atoms with Gasteiger partial charge >= 0.3 is 0 Å². The minimum Gasteiger partial charge on any atom is -0.467 e. The Bertz CT molecular complexity index is 374. The number of hydrogen-bond acceptors (Lipinski definition) is 7. The van der Waals surface area contributed by atoms with Gasteiger partial charge in [0.1, 0.15) is 6.61 Å². The number of carbonyl (C=O) groups excluding carboxylic acids is 1. The van der Waals surface area contributed by atoms with E-state index < -0.39 is 26.7 Å². The first kappa shape index (κ1) is 17.6. The van der Waals surface area contributed by atoms with Crippen molar-refractivity contribution in [3.8, 4) is 0 Å². The molecule has 0 aromatic heterocycles. The summed E-state index contributed by atoms with van der Waals surface area (Å²) in [5.41, 5.74) is 0. The molecule has 0 aliphatic heterocycles. The van der Waals surface area contributed by atoms with Crippen molar-refractivity contribution in [1.82, 2.24) is 0 Å². The zero-order valence-corrected chi connectivity index (χ0v) is 9.91. The SMILES string of the molecule is NS(=O)(=O)CCO.NS(=O)(=O)CCOC=O. The molecule has 0 aliphatic carbocycles. The maximum absolute atomic E-state index is 10.1. The molecule has 0 rings (SSSR count). The number of sulfonamides is 2. The fraction of sp³-hybridized carbons (Fsp3) is 0.800. The molecule has 0 saturated heterocycles. The number of carbonyl (C=O) groups is 1. The second kappa shape index (κ2) is 8.41. The van der Waals surface area contributed by atoms with Gasteiger partial charge in [-0.1, -0.05) is 0 Å². The van der Waals surface area contributed by atoms with Crippen molar-refractivity contribution in [1.29, 1.82) is 0 Å². The van der Waals surface area contributed by atoms with Gasteiger partial charge in [-0.15, -0.1) is 0 Å². The van der Waals surface area contributed by atoms with Gasteiger partial charge < -0.3 is 9.84 Å². The molecule has 0 spiro atoms. The summed E-state index contributed by atoms with van der Waals surface area (Å²) in [6, 6.07) is 0. The second-order valence-corrected chi connectivity index (χ2v) is 5.89. The summed E-state index contributed by atoms with van der Waals surface area (Å²) in [6.45, 7) is -0.410. The lowest BCUT2D eigenvalue weighted by atomic mass is 10.9. The van der Waals surface area contributed by atoms with Crippen LogP contribution in [0.5, 0.6) is 0 Å². The van der Waals surface area contributed by atoms with Crippen LogP contribution in [0.1, 0.15) is 0 Å². The molecular formula is C5H14N2O7S2. The first-order chi connectivity index (χ1) is 7.12. The molecule has 11 heteroatoms. The van der Waals surface area contributed by atoms with Crippen molar-refractivity contribution in [2.24, 2.45) is 10.3 Å². The van der Waals surface area contributed by atoms with Gasteiger partial charge in [0, 0.05) is 0 Å². The summed E-state index contributed by atoms with van der Waals surface area (Å²) in [5, 5.41) is 17.0. The molecule has 0 aliphatic rings. The van der Waals surface area contributed by atoms with Crippen LogP contribution >= 0.6 is 0 Å². The average molecular weight is 278 g/mol. The third-order valence-electron chi connectivity index (χ3n) is 0.930. The molecule has 0 aromatic carbocycles. The molecule has 9 nitrogen and oxygen atoms in total. The maximum Gasteiger partial charge on any atom is 0.293 e. The van der Waals surface area contributed by atoms with Crippen LogP contribution in [-0.4, -0.2) is 53.1 Å². The molecule has 0 radical (unpaired) electrons. The van der Waals surface area contributed by atoms with E-state index in [9.17, 15) is 21.6 Å². The number of nitrogens with two attached hydrogens (primary N) is 2. The van der Waals surface area contributed by atoms with E-state index in [1.807, 2.05) is 0 Å². The Balaban J connectivity index is 0. The Morgan fingerprint density at radius 2 is 1.50 bits per heavy atom. The number of ether oxygens (including phenoxy) is 1. The molecule has 0 aromatic rings.